The van der Waals surface area contributed by atoms with Gasteiger partial charge in [-0.15, -0.1) is 10.2 Å². The Bertz CT molecular complexity index is 1130. The molecule has 0 saturated carbocycles. The molecule has 2 aromatic carbocycles. The number of carbonyl (C=O) groups is 1. The van der Waals surface area contributed by atoms with Gasteiger partial charge in [-0.05, 0) is 52.2 Å². The molecule has 0 aliphatic rings. The minimum absolute atomic E-state index is 0.0542. The third kappa shape index (κ3) is 5.55. The first kappa shape index (κ1) is 21.6. The van der Waals surface area contributed by atoms with E-state index in [9.17, 15) is 4.79 Å². The molecule has 0 aliphatic heterocycles. The molecule has 158 valence electrons. The number of aromatic nitrogens is 3. The van der Waals surface area contributed by atoms with Crippen molar-refractivity contribution in [1.29, 1.82) is 0 Å². The van der Waals surface area contributed by atoms with E-state index in [0.29, 0.717) is 29.0 Å². The predicted molar refractivity (Wildman–Crippen MR) is 128 cm³/mol. The van der Waals surface area contributed by atoms with E-state index >= 15 is 0 Å². The average molecular weight is 469 g/mol. The van der Waals surface area contributed by atoms with E-state index in [4.69, 9.17) is 11.6 Å². The Balaban J connectivity index is 1.53. The fourth-order valence-corrected chi connectivity index (χ4v) is 4.76. The van der Waals surface area contributed by atoms with Gasteiger partial charge < -0.3 is 4.90 Å². The Morgan fingerprint density at radius 2 is 1.84 bits per heavy atom. The molecule has 2 aromatic heterocycles. The van der Waals surface area contributed by atoms with Gasteiger partial charge in [0.2, 0.25) is 5.91 Å². The predicted octanol–water partition coefficient (Wildman–Crippen LogP) is 5.46. The summed E-state index contributed by atoms with van der Waals surface area (Å²) >= 11 is 9.09. The molecule has 0 saturated heterocycles. The van der Waals surface area contributed by atoms with Crippen LogP contribution in [0.3, 0.4) is 0 Å². The second-order valence-electron chi connectivity index (χ2n) is 7.05. The van der Waals surface area contributed by atoms with Crippen molar-refractivity contribution in [3.8, 4) is 11.4 Å². The van der Waals surface area contributed by atoms with Crippen LogP contribution in [0.2, 0.25) is 5.02 Å². The smallest absolute Gasteiger partial charge is 0.233 e. The van der Waals surface area contributed by atoms with Crippen LogP contribution >= 0.6 is 34.7 Å². The van der Waals surface area contributed by atoms with Gasteiger partial charge in [0, 0.05) is 24.2 Å². The molecule has 4 aromatic rings. The summed E-state index contributed by atoms with van der Waals surface area (Å²) in [6, 6.07) is 19.7. The van der Waals surface area contributed by atoms with Gasteiger partial charge in [-0.2, -0.15) is 11.3 Å². The van der Waals surface area contributed by atoms with Crippen LogP contribution in [0.1, 0.15) is 11.1 Å². The highest BCUT2D eigenvalue weighted by molar-refractivity contribution is 7.99. The molecule has 31 heavy (non-hydrogen) atoms. The Hall–Kier alpha value is -2.61. The first-order valence-electron chi connectivity index (χ1n) is 9.71. The number of thioether (sulfide) groups is 1. The first-order chi connectivity index (χ1) is 15.1. The van der Waals surface area contributed by atoms with Crippen LogP contribution in [0, 0.1) is 0 Å². The standard InChI is InChI=1S/C23H21ClN4OS2/c1-27(13-18-11-12-30-15-18)21(29)16-31-23-26-25-22(19-7-9-20(24)10-8-19)28(23)14-17-5-3-2-4-6-17/h2-12,15H,13-14,16H2,1H3. The lowest BCUT2D eigenvalue weighted by Gasteiger charge is -2.16. The highest BCUT2D eigenvalue weighted by Crippen LogP contribution is 2.26. The third-order valence-corrected chi connectivity index (χ3v) is 6.69. The van der Waals surface area contributed by atoms with E-state index in [0.717, 1.165) is 22.5 Å². The molecular formula is C23H21ClN4OS2. The van der Waals surface area contributed by atoms with Gasteiger partial charge >= 0.3 is 0 Å². The lowest BCUT2D eigenvalue weighted by molar-refractivity contribution is -0.127. The summed E-state index contributed by atoms with van der Waals surface area (Å²) in [5.41, 5.74) is 3.21. The molecule has 0 N–H and O–H groups in total. The summed E-state index contributed by atoms with van der Waals surface area (Å²) in [4.78, 5) is 14.4. The highest BCUT2D eigenvalue weighted by atomic mass is 35.5. The van der Waals surface area contributed by atoms with Crippen LogP contribution in [0.15, 0.2) is 76.6 Å². The number of rotatable bonds is 8. The van der Waals surface area contributed by atoms with E-state index in [2.05, 4.69) is 32.3 Å². The van der Waals surface area contributed by atoms with Gasteiger partial charge in [-0.1, -0.05) is 53.7 Å². The molecule has 0 spiro atoms. The second-order valence-corrected chi connectivity index (χ2v) is 9.21. The SMILES string of the molecule is CN(Cc1ccsc1)C(=O)CSc1nnc(-c2ccc(Cl)cc2)n1Cc1ccccc1. The summed E-state index contributed by atoms with van der Waals surface area (Å²) in [6.45, 7) is 1.22. The molecule has 0 atom stereocenters. The van der Waals surface area contributed by atoms with Gasteiger partial charge in [0.25, 0.3) is 0 Å². The van der Waals surface area contributed by atoms with Crippen LogP contribution in [-0.2, 0) is 17.9 Å². The van der Waals surface area contributed by atoms with Crippen molar-refractivity contribution in [2.45, 2.75) is 18.2 Å². The Kier molecular flexibility index (Phi) is 7.06. The second kappa shape index (κ2) is 10.1. The zero-order valence-corrected chi connectivity index (χ0v) is 19.3. The molecule has 0 bridgehead atoms. The van der Waals surface area contributed by atoms with Crippen molar-refractivity contribution >= 4 is 40.6 Å². The molecule has 0 aliphatic carbocycles. The van der Waals surface area contributed by atoms with Crippen molar-refractivity contribution in [1.82, 2.24) is 19.7 Å². The van der Waals surface area contributed by atoms with Crippen LogP contribution in [0.25, 0.3) is 11.4 Å². The molecule has 2 heterocycles. The molecule has 0 unspecified atom stereocenters. The van der Waals surface area contributed by atoms with Gasteiger partial charge in [0.1, 0.15) is 0 Å². The van der Waals surface area contributed by atoms with Gasteiger partial charge in [-0.3, -0.25) is 9.36 Å². The molecule has 5 nitrogen and oxygen atoms in total. The van der Waals surface area contributed by atoms with Crippen LogP contribution in [-0.4, -0.2) is 38.4 Å². The number of hydrogen-bond acceptors (Lipinski definition) is 5. The summed E-state index contributed by atoms with van der Waals surface area (Å²) < 4.78 is 2.05. The van der Waals surface area contributed by atoms with E-state index < -0.39 is 0 Å². The number of amides is 1. The zero-order chi connectivity index (χ0) is 21.6. The number of thiophene rings is 1. The van der Waals surface area contributed by atoms with Gasteiger partial charge in [-0.25, -0.2) is 0 Å². The van der Waals surface area contributed by atoms with E-state index in [1.807, 2.05) is 61.0 Å². The monoisotopic (exact) mass is 468 g/mol. The summed E-state index contributed by atoms with van der Waals surface area (Å²) in [5.74, 6) is 1.11. The van der Waals surface area contributed by atoms with Crippen molar-refractivity contribution in [3.05, 3.63) is 87.6 Å². The first-order valence-corrected chi connectivity index (χ1v) is 12.0. The van der Waals surface area contributed by atoms with Gasteiger partial charge in [0.15, 0.2) is 11.0 Å². The van der Waals surface area contributed by atoms with E-state index in [1.54, 1.807) is 16.2 Å². The van der Waals surface area contributed by atoms with Crippen LogP contribution in [0.4, 0.5) is 0 Å². The number of carbonyl (C=O) groups excluding carboxylic acids is 1. The van der Waals surface area contributed by atoms with Gasteiger partial charge in [0.05, 0.1) is 12.3 Å². The topological polar surface area (TPSA) is 51.0 Å². The molecule has 0 radical (unpaired) electrons. The molecule has 0 fully saturated rings. The Morgan fingerprint density at radius 1 is 1.06 bits per heavy atom. The largest absolute Gasteiger partial charge is 0.341 e. The Labute approximate surface area is 194 Å². The minimum Gasteiger partial charge on any atom is -0.341 e. The van der Waals surface area contributed by atoms with Crippen LogP contribution < -0.4 is 0 Å². The molecule has 8 heteroatoms. The van der Waals surface area contributed by atoms with E-state index in [-0.39, 0.29) is 5.91 Å². The maximum atomic E-state index is 12.7. The average Bonchev–Trinajstić information content (AvgIpc) is 3.43. The Morgan fingerprint density at radius 3 is 2.55 bits per heavy atom. The quantitative estimate of drug-likeness (QED) is 0.322. The minimum atomic E-state index is 0.0542. The van der Waals surface area contributed by atoms with E-state index in [1.165, 1.54) is 11.8 Å². The fraction of sp³-hybridized carbons (Fsp3) is 0.174. The lowest BCUT2D eigenvalue weighted by atomic mass is 10.2. The maximum Gasteiger partial charge on any atom is 0.233 e. The zero-order valence-electron chi connectivity index (χ0n) is 16.9. The summed E-state index contributed by atoms with van der Waals surface area (Å²) in [5, 5.41) is 14.3. The summed E-state index contributed by atoms with van der Waals surface area (Å²) in [7, 11) is 1.83. The number of halogens is 1. The van der Waals surface area contributed by atoms with Crippen molar-refractivity contribution in [3.63, 3.8) is 0 Å². The number of hydrogen-bond donors (Lipinski definition) is 0. The molecule has 4 rings (SSSR count). The normalized spacial score (nSPS) is 10.9. The number of nitrogens with zero attached hydrogens (tertiary/aromatic N) is 4. The molecular weight excluding hydrogens is 448 g/mol. The lowest BCUT2D eigenvalue weighted by Crippen LogP contribution is -2.27. The fourth-order valence-electron chi connectivity index (χ4n) is 3.10. The van der Waals surface area contributed by atoms with Crippen molar-refractivity contribution < 1.29 is 4.79 Å². The summed E-state index contributed by atoms with van der Waals surface area (Å²) in [6.07, 6.45) is 0. The van der Waals surface area contributed by atoms with Crippen molar-refractivity contribution in [2.24, 2.45) is 0 Å². The maximum absolute atomic E-state index is 12.7. The number of benzene rings is 2. The highest BCUT2D eigenvalue weighted by Gasteiger charge is 2.17. The van der Waals surface area contributed by atoms with Crippen LogP contribution in [0.5, 0.6) is 0 Å². The third-order valence-electron chi connectivity index (χ3n) is 4.75. The van der Waals surface area contributed by atoms with Crippen molar-refractivity contribution in [2.75, 3.05) is 12.8 Å². The molecule has 1 amide bonds.